The molecule has 1 saturated heterocycles. The molecule has 1 heterocycles. The second kappa shape index (κ2) is 11.7. The highest BCUT2D eigenvalue weighted by molar-refractivity contribution is 6.02. The van der Waals surface area contributed by atoms with Gasteiger partial charge in [0.15, 0.2) is 6.61 Å². The van der Waals surface area contributed by atoms with E-state index in [4.69, 9.17) is 4.74 Å². The van der Waals surface area contributed by atoms with Gasteiger partial charge in [-0.15, -0.1) is 0 Å². The molecule has 36 heavy (non-hydrogen) atoms. The summed E-state index contributed by atoms with van der Waals surface area (Å²) < 4.78 is 5.78. The summed E-state index contributed by atoms with van der Waals surface area (Å²) in [6.45, 7) is -0.176. The highest BCUT2D eigenvalue weighted by atomic mass is 16.5. The molecule has 3 aromatic carbocycles. The quantitative estimate of drug-likeness (QED) is 0.381. The van der Waals surface area contributed by atoms with E-state index < -0.39 is 6.03 Å². The highest BCUT2D eigenvalue weighted by Crippen LogP contribution is 2.21. The molecule has 9 heteroatoms. The number of carbonyl (C=O) groups excluding carboxylic acids is 4. The van der Waals surface area contributed by atoms with Gasteiger partial charge in [0.1, 0.15) is 5.75 Å². The first-order valence-electron chi connectivity index (χ1n) is 11.5. The number of hydrogen-bond donors (Lipinski definition) is 3. The number of rotatable bonds is 10. The molecule has 0 saturated carbocycles. The first-order valence-corrected chi connectivity index (χ1v) is 11.5. The number of hydrogen-bond acceptors (Lipinski definition) is 5. The van der Waals surface area contributed by atoms with Gasteiger partial charge in [-0.1, -0.05) is 48.5 Å². The molecule has 1 fully saturated rings. The Hall–Kier alpha value is -4.66. The first kappa shape index (κ1) is 24.5. The monoisotopic (exact) mass is 486 g/mol. The summed E-state index contributed by atoms with van der Waals surface area (Å²) in [5.41, 5.74) is 3.23. The highest BCUT2D eigenvalue weighted by Gasteiger charge is 2.28. The van der Waals surface area contributed by atoms with E-state index >= 15 is 0 Å². The summed E-state index contributed by atoms with van der Waals surface area (Å²) in [5, 5.41) is 7.88. The molecule has 3 N–H and O–H groups in total. The molecule has 0 radical (unpaired) electrons. The molecule has 184 valence electrons. The van der Waals surface area contributed by atoms with E-state index in [1.54, 1.807) is 24.3 Å². The zero-order chi connectivity index (χ0) is 25.3. The Bertz CT molecular complexity index is 1230. The number of nitrogens with one attached hydrogen (secondary N) is 3. The van der Waals surface area contributed by atoms with Gasteiger partial charge in [0, 0.05) is 30.8 Å². The predicted octanol–water partition coefficient (Wildman–Crippen LogP) is 3.18. The number of anilines is 2. The Morgan fingerprint density at radius 1 is 0.833 bits per heavy atom. The second-order valence-corrected chi connectivity index (χ2v) is 8.19. The van der Waals surface area contributed by atoms with Gasteiger partial charge in [-0.2, -0.15) is 0 Å². The van der Waals surface area contributed by atoms with E-state index in [0.29, 0.717) is 23.5 Å². The van der Waals surface area contributed by atoms with Crippen LogP contribution in [0.4, 0.5) is 16.2 Å². The lowest BCUT2D eigenvalue weighted by atomic mass is 10.0. The summed E-state index contributed by atoms with van der Waals surface area (Å²) in [6, 6.07) is 23.8. The summed E-state index contributed by atoms with van der Waals surface area (Å²) in [6.07, 6.45) is 0.689. The molecule has 1 aliphatic heterocycles. The Morgan fingerprint density at radius 3 is 2.14 bits per heavy atom. The van der Waals surface area contributed by atoms with Crippen LogP contribution in [0.1, 0.15) is 17.5 Å². The number of carbonyl (C=O) groups is 4. The van der Waals surface area contributed by atoms with Crippen molar-refractivity contribution in [3.63, 3.8) is 0 Å². The van der Waals surface area contributed by atoms with Crippen molar-refractivity contribution < 1.29 is 23.9 Å². The number of para-hydroxylation sites is 1. The van der Waals surface area contributed by atoms with Crippen molar-refractivity contribution in [2.75, 3.05) is 30.3 Å². The van der Waals surface area contributed by atoms with E-state index in [-0.39, 0.29) is 43.8 Å². The van der Waals surface area contributed by atoms with Crippen molar-refractivity contribution in [1.29, 1.82) is 0 Å². The largest absolute Gasteiger partial charge is 0.483 e. The van der Waals surface area contributed by atoms with Gasteiger partial charge in [-0.3, -0.25) is 19.3 Å². The fourth-order valence-corrected chi connectivity index (χ4v) is 3.70. The van der Waals surface area contributed by atoms with E-state index in [1.807, 2.05) is 54.6 Å². The Balaban J connectivity index is 1.24. The van der Waals surface area contributed by atoms with Gasteiger partial charge < -0.3 is 20.7 Å². The minimum Gasteiger partial charge on any atom is -0.483 e. The Labute approximate surface area is 208 Å². The van der Waals surface area contributed by atoms with Gasteiger partial charge in [-0.25, -0.2) is 4.79 Å². The molecule has 0 aromatic heterocycles. The summed E-state index contributed by atoms with van der Waals surface area (Å²) in [7, 11) is 0. The van der Waals surface area contributed by atoms with Gasteiger partial charge in [-0.05, 0) is 41.5 Å². The normalized spacial score (nSPS) is 12.7. The van der Waals surface area contributed by atoms with Crippen LogP contribution >= 0.6 is 0 Å². The Morgan fingerprint density at radius 2 is 1.47 bits per heavy atom. The molecule has 1 aliphatic rings. The van der Waals surface area contributed by atoms with Gasteiger partial charge in [0.05, 0.1) is 6.54 Å². The van der Waals surface area contributed by atoms with E-state index in [0.717, 1.165) is 16.0 Å². The summed E-state index contributed by atoms with van der Waals surface area (Å²) >= 11 is 0. The van der Waals surface area contributed by atoms with Crippen molar-refractivity contribution >= 4 is 35.1 Å². The molecule has 0 aliphatic carbocycles. The SMILES string of the molecule is O=C(CCN1C(=O)CNC1=O)Nc1ccc(NC(=O)COc2ccccc2Cc2ccccc2)cc1. The van der Waals surface area contributed by atoms with Crippen LogP contribution in [0.15, 0.2) is 78.9 Å². The van der Waals surface area contributed by atoms with Gasteiger partial charge in [0.25, 0.3) is 5.91 Å². The van der Waals surface area contributed by atoms with Crippen molar-refractivity contribution in [2.45, 2.75) is 12.8 Å². The predicted molar refractivity (Wildman–Crippen MR) is 135 cm³/mol. The van der Waals surface area contributed by atoms with Crippen molar-refractivity contribution in [3.05, 3.63) is 90.0 Å². The maximum atomic E-state index is 12.4. The third-order valence-corrected chi connectivity index (χ3v) is 5.52. The number of amides is 5. The Kier molecular flexibility index (Phi) is 7.92. The first-order chi connectivity index (χ1) is 17.5. The van der Waals surface area contributed by atoms with Gasteiger partial charge >= 0.3 is 6.03 Å². The van der Waals surface area contributed by atoms with Crippen LogP contribution in [0.2, 0.25) is 0 Å². The van der Waals surface area contributed by atoms with Gasteiger partial charge in [0.2, 0.25) is 11.8 Å². The van der Waals surface area contributed by atoms with Crippen molar-refractivity contribution in [3.8, 4) is 5.75 Å². The lowest BCUT2D eigenvalue weighted by Gasteiger charge is -2.13. The minimum atomic E-state index is -0.489. The van der Waals surface area contributed by atoms with E-state index in [2.05, 4.69) is 16.0 Å². The number of benzene rings is 3. The topological polar surface area (TPSA) is 117 Å². The van der Waals surface area contributed by atoms with Crippen LogP contribution in [0.5, 0.6) is 5.75 Å². The fraction of sp³-hybridized carbons (Fsp3) is 0.185. The molecule has 5 amide bonds. The molecule has 0 atom stereocenters. The molecule has 4 rings (SSSR count). The third kappa shape index (κ3) is 6.69. The standard InChI is InChI=1S/C27H26N4O5/c32-24(14-15-31-26(34)17-28-27(31)35)29-21-10-12-22(13-11-21)30-25(33)18-36-23-9-5-4-8-20(23)16-19-6-2-1-3-7-19/h1-13H,14-18H2,(H,28,35)(H,29,32)(H,30,33). The molecular formula is C27H26N4O5. The maximum Gasteiger partial charge on any atom is 0.324 e. The second-order valence-electron chi connectivity index (χ2n) is 8.19. The average Bonchev–Trinajstić information content (AvgIpc) is 3.21. The molecular weight excluding hydrogens is 460 g/mol. The number of urea groups is 1. The molecule has 0 spiro atoms. The lowest BCUT2D eigenvalue weighted by Crippen LogP contribution is -2.33. The zero-order valence-corrected chi connectivity index (χ0v) is 19.5. The maximum absolute atomic E-state index is 12.4. The third-order valence-electron chi connectivity index (χ3n) is 5.52. The molecule has 9 nitrogen and oxygen atoms in total. The van der Waals surface area contributed by atoms with E-state index in [1.165, 1.54) is 0 Å². The van der Waals surface area contributed by atoms with Crippen LogP contribution in [-0.4, -0.2) is 48.3 Å². The lowest BCUT2D eigenvalue weighted by molar-refractivity contribution is -0.125. The van der Waals surface area contributed by atoms with Crippen molar-refractivity contribution in [2.24, 2.45) is 0 Å². The van der Waals surface area contributed by atoms with Crippen LogP contribution < -0.4 is 20.7 Å². The number of ether oxygens (including phenoxy) is 1. The minimum absolute atomic E-state index is 0.0130. The summed E-state index contributed by atoms with van der Waals surface area (Å²) in [4.78, 5) is 48.7. The number of imide groups is 1. The van der Waals surface area contributed by atoms with Crippen LogP contribution in [0, 0.1) is 0 Å². The van der Waals surface area contributed by atoms with E-state index in [9.17, 15) is 19.2 Å². The van der Waals surface area contributed by atoms with Crippen LogP contribution in [0.3, 0.4) is 0 Å². The summed E-state index contributed by atoms with van der Waals surface area (Å²) in [5.74, 6) is -0.337. The smallest absolute Gasteiger partial charge is 0.324 e. The van der Waals surface area contributed by atoms with Crippen LogP contribution in [0.25, 0.3) is 0 Å². The molecule has 3 aromatic rings. The van der Waals surface area contributed by atoms with Crippen LogP contribution in [-0.2, 0) is 20.8 Å². The molecule has 0 bridgehead atoms. The zero-order valence-electron chi connectivity index (χ0n) is 19.5. The fourth-order valence-electron chi connectivity index (χ4n) is 3.70. The van der Waals surface area contributed by atoms with Crippen molar-refractivity contribution in [1.82, 2.24) is 10.2 Å². The average molecular weight is 487 g/mol. The number of nitrogens with zero attached hydrogens (tertiary/aromatic N) is 1. The molecule has 0 unspecified atom stereocenters.